The monoisotopic (exact) mass is 313 g/mol. The minimum absolute atomic E-state index is 0.0582. The maximum atomic E-state index is 12.2. The Morgan fingerprint density at radius 2 is 1.91 bits per heavy atom. The molecule has 2 aromatic carbocycles. The summed E-state index contributed by atoms with van der Waals surface area (Å²) in [5.74, 6) is 0.693. The van der Waals surface area contributed by atoms with E-state index >= 15 is 0 Å². The quantitative estimate of drug-likeness (QED) is 0.803. The van der Waals surface area contributed by atoms with Crippen molar-refractivity contribution in [2.45, 2.75) is 6.04 Å². The Kier molecular flexibility index (Phi) is 5.60. The van der Waals surface area contributed by atoms with Crippen LogP contribution in [-0.2, 0) is 0 Å². The summed E-state index contributed by atoms with van der Waals surface area (Å²) >= 11 is 0. The number of hydrogen-bond donors (Lipinski definition) is 2. The first-order valence-corrected chi connectivity index (χ1v) is 7.45. The van der Waals surface area contributed by atoms with Gasteiger partial charge >= 0.3 is 0 Å². The van der Waals surface area contributed by atoms with Crippen molar-refractivity contribution in [2.24, 2.45) is 0 Å². The van der Waals surface area contributed by atoms with Gasteiger partial charge in [-0.05, 0) is 56.1 Å². The molecule has 0 saturated carbocycles. The Bertz CT molecular complexity index is 654. The maximum Gasteiger partial charge on any atom is 0.251 e. The Labute approximate surface area is 137 Å². The average molecular weight is 313 g/mol. The summed E-state index contributed by atoms with van der Waals surface area (Å²) in [5, 5.41) is 2.97. The molecule has 0 aliphatic carbocycles. The fourth-order valence-corrected chi connectivity index (χ4v) is 2.37. The summed E-state index contributed by atoms with van der Waals surface area (Å²) in [4.78, 5) is 14.3. The summed E-state index contributed by atoms with van der Waals surface area (Å²) in [6, 6.07) is 14.8. The molecule has 0 heterocycles. The van der Waals surface area contributed by atoms with Crippen molar-refractivity contribution in [2.75, 3.05) is 33.5 Å². The summed E-state index contributed by atoms with van der Waals surface area (Å²) in [7, 11) is 5.62. The SMILES string of the molecule is COc1cccc(C(CNC(=O)c2ccc(N)cc2)N(C)C)c1. The number of nitrogens with two attached hydrogens (primary N) is 1. The first-order chi connectivity index (χ1) is 11.0. The molecule has 5 heteroatoms. The van der Waals surface area contributed by atoms with Crippen LogP contribution in [0.3, 0.4) is 0 Å². The van der Waals surface area contributed by atoms with Gasteiger partial charge in [0.05, 0.1) is 13.2 Å². The van der Waals surface area contributed by atoms with E-state index in [1.807, 2.05) is 38.4 Å². The van der Waals surface area contributed by atoms with Crippen LogP contribution in [-0.4, -0.2) is 38.6 Å². The second-order valence-corrected chi connectivity index (χ2v) is 5.59. The summed E-state index contributed by atoms with van der Waals surface area (Å²) in [5.41, 5.74) is 7.97. The van der Waals surface area contributed by atoms with Crippen LogP contribution >= 0.6 is 0 Å². The molecule has 0 aromatic heterocycles. The zero-order chi connectivity index (χ0) is 16.8. The van der Waals surface area contributed by atoms with E-state index in [0.717, 1.165) is 11.3 Å². The van der Waals surface area contributed by atoms with Crippen LogP contribution in [0.1, 0.15) is 22.0 Å². The number of nitrogens with one attached hydrogen (secondary N) is 1. The van der Waals surface area contributed by atoms with E-state index in [0.29, 0.717) is 17.8 Å². The lowest BCUT2D eigenvalue weighted by molar-refractivity contribution is 0.0942. The molecule has 0 aliphatic rings. The molecule has 1 atom stereocenters. The largest absolute Gasteiger partial charge is 0.497 e. The number of methoxy groups -OCH3 is 1. The van der Waals surface area contributed by atoms with E-state index in [1.165, 1.54) is 0 Å². The number of anilines is 1. The van der Waals surface area contributed by atoms with Gasteiger partial charge in [-0.3, -0.25) is 4.79 Å². The molecule has 122 valence electrons. The number of carbonyl (C=O) groups excluding carboxylic acids is 1. The van der Waals surface area contributed by atoms with Crippen LogP contribution in [0.2, 0.25) is 0 Å². The number of nitrogens with zero attached hydrogens (tertiary/aromatic N) is 1. The van der Waals surface area contributed by atoms with Crippen molar-refractivity contribution in [3.63, 3.8) is 0 Å². The zero-order valence-corrected chi connectivity index (χ0v) is 13.7. The number of rotatable bonds is 6. The molecule has 0 fully saturated rings. The molecular weight excluding hydrogens is 290 g/mol. The van der Waals surface area contributed by atoms with Gasteiger partial charge in [0.2, 0.25) is 0 Å². The first-order valence-electron chi connectivity index (χ1n) is 7.45. The van der Waals surface area contributed by atoms with E-state index in [-0.39, 0.29) is 11.9 Å². The van der Waals surface area contributed by atoms with Crippen LogP contribution in [0, 0.1) is 0 Å². The van der Waals surface area contributed by atoms with Gasteiger partial charge in [-0.1, -0.05) is 12.1 Å². The van der Waals surface area contributed by atoms with Crippen LogP contribution in [0.15, 0.2) is 48.5 Å². The minimum Gasteiger partial charge on any atom is -0.497 e. The van der Waals surface area contributed by atoms with Crippen LogP contribution in [0.5, 0.6) is 5.75 Å². The van der Waals surface area contributed by atoms with E-state index in [2.05, 4.69) is 10.2 Å². The van der Waals surface area contributed by atoms with Gasteiger partial charge < -0.3 is 20.7 Å². The van der Waals surface area contributed by atoms with Gasteiger partial charge in [0.15, 0.2) is 0 Å². The summed E-state index contributed by atoms with van der Waals surface area (Å²) < 4.78 is 5.27. The molecule has 2 rings (SSSR count). The molecule has 0 saturated heterocycles. The van der Waals surface area contributed by atoms with Crippen LogP contribution in [0.4, 0.5) is 5.69 Å². The predicted molar refractivity (Wildman–Crippen MR) is 92.6 cm³/mol. The maximum absolute atomic E-state index is 12.2. The Morgan fingerprint density at radius 3 is 2.52 bits per heavy atom. The third-order valence-corrected chi connectivity index (χ3v) is 3.73. The van der Waals surface area contributed by atoms with Crippen molar-refractivity contribution in [3.8, 4) is 5.75 Å². The van der Waals surface area contributed by atoms with Crippen molar-refractivity contribution < 1.29 is 9.53 Å². The van der Waals surface area contributed by atoms with Gasteiger partial charge in [-0.25, -0.2) is 0 Å². The van der Waals surface area contributed by atoms with E-state index < -0.39 is 0 Å². The molecule has 0 aliphatic heterocycles. The smallest absolute Gasteiger partial charge is 0.251 e. The normalized spacial score (nSPS) is 12.0. The van der Waals surface area contributed by atoms with Crippen molar-refractivity contribution in [1.29, 1.82) is 0 Å². The molecule has 0 bridgehead atoms. The average Bonchev–Trinajstić information content (AvgIpc) is 2.55. The second kappa shape index (κ2) is 7.65. The summed E-state index contributed by atoms with van der Waals surface area (Å²) in [6.45, 7) is 0.503. The molecule has 3 N–H and O–H groups in total. The second-order valence-electron chi connectivity index (χ2n) is 5.59. The highest BCUT2D eigenvalue weighted by Crippen LogP contribution is 2.22. The number of hydrogen-bond acceptors (Lipinski definition) is 4. The van der Waals surface area contributed by atoms with Gasteiger partial charge in [-0.2, -0.15) is 0 Å². The Morgan fingerprint density at radius 1 is 1.22 bits per heavy atom. The van der Waals surface area contributed by atoms with Crippen molar-refractivity contribution in [3.05, 3.63) is 59.7 Å². The predicted octanol–water partition coefficient (Wildman–Crippen LogP) is 2.31. The Balaban J connectivity index is 2.07. The highest BCUT2D eigenvalue weighted by Gasteiger charge is 2.16. The van der Waals surface area contributed by atoms with Crippen LogP contribution < -0.4 is 15.8 Å². The zero-order valence-electron chi connectivity index (χ0n) is 13.7. The van der Waals surface area contributed by atoms with Gasteiger partial charge in [0.1, 0.15) is 5.75 Å². The fraction of sp³-hybridized carbons (Fsp3) is 0.278. The lowest BCUT2D eigenvalue weighted by Gasteiger charge is -2.25. The van der Waals surface area contributed by atoms with Gasteiger partial charge in [-0.15, -0.1) is 0 Å². The van der Waals surface area contributed by atoms with Crippen LogP contribution in [0.25, 0.3) is 0 Å². The Hall–Kier alpha value is -2.53. The van der Waals surface area contributed by atoms with Gasteiger partial charge in [0.25, 0.3) is 5.91 Å². The number of benzene rings is 2. The fourth-order valence-electron chi connectivity index (χ4n) is 2.37. The number of ether oxygens (including phenoxy) is 1. The molecule has 23 heavy (non-hydrogen) atoms. The lowest BCUT2D eigenvalue weighted by Crippen LogP contribution is -2.34. The van der Waals surface area contributed by atoms with E-state index in [4.69, 9.17) is 10.5 Å². The molecule has 5 nitrogen and oxygen atoms in total. The minimum atomic E-state index is -0.111. The highest BCUT2D eigenvalue weighted by molar-refractivity contribution is 5.94. The molecular formula is C18H23N3O2. The molecule has 0 spiro atoms. The molecule has 1 amide bonds. The van der Waals surface area contributed by atoms with E-state index in [9.17, 15) is 4.79 Å². The number of nitrogen functional groups attached to an aromatic ring is 1. The standard InChI is InChI=1S/C18H23N3O2/c1-21(2)17(14-5-4-6-16(11-14)23-3)12-20-18(22)13-7-9-15(19)10-8-13/h4-11,17H,12,19H2,1-3H3,(H,20,22). The van der Waals surface area contributed by atoms with E-state index in [1.54, 1.807) is 31.4 Å². The molecule has 1 unspecified atom stereocenters. The van der Waals surface area contributed by atoms with Crippen molar-refractivity contribution >= 4 is 11.6 Å². The number of amides is 1. The summed E-state index contributed by atoms with van der Waals surface area (Å²) in [6.07, 6.45) is 0. The van der Waals surface area contributed by atoms with Gasteiger partial charge in [0, 0.05) is 17.8 Å². The lowest BCUT2D eigenvalue weighted by atomic mass is 10.1. The number of carbonyl (C=O) groups is 1. The molecule has 0 radical (unpaired) electrons. The highest BCUT2D eigenvalue weighted by atomic mass is 16.5. The number of likely N-dealkylation sites (N-methyl/N-ethyl adjacent to an activating group) is 1. The third kappa shape index (κ3) is 4.47. The molecule has 2 aromatic rings. The first kappa shape index (κ1) is 16.8. The van der Waals surface area contributed by atoms with Crippen molar-refractivity contribution in [1.82, 2.24) is 10.2 Å². The third-order valence-electron chi connectivity index (χ3n) is 3.73. The topological polar surface area (TPSA) is 67.6 Å².